The smallest absolute Gasteiger partial charge is 0.157 e. The Morgan fingerprint density at radius 3 is 0.975 bits per heavy atom. The average molecular weight is 586 g/mol. The van der Waals surface area contributed by atoms with Crippen LogP contribution in [0.4, 0.5) is 0 Å². The van der Waals surface area contributed by atoms with Gasteiger partial charge in [0, 0.05) is 13.2 Å². The van der Waals surface area contributed by atoms with Crippen LogP contribution in [0.5, 0.6) is 0 Å². The summed E-state index contributed by atoms with van der Waals surface area (Å²) in [5, 5.41) is 0. The fourth-order valence-corrected chi connectivity index (χ4v) is 3.25. The molecule has 0 spiro atoms. The van der Waals surface area contributed by atoms with Crippen LogP contribution >= 0.6 is 0 Å². The molecule has 240 valence electrons. The van der Waals surface area contributed by atoms with Gasteiger partial charge >= 0.3 is 0 Å². The highest BCUT2D eigenvalue weighted by Crippen LogP contribution is 2.13. The lowest BCUT2D eigenvalue weighted by Gasteiger charge is -2.22. The van der Waals surface area contributed by atoms with Gasteiger partial charge in [-0.2, -0.15) is 0 Å². The van der Waals surface area contributed by atoms with Gasteiger partial charge in [-0.1, -0.05) is 0 Å². The van der Waals surface area contributed by atoms with Crippen LogP contribution in [0.2, 0.25) is 0 Å². The van der Waals surface area contributed by atoms with Crippen molar-refractivity contribution in [3.8, 4) is 0 Å². The van der Waals surface area contributed by atoms with Crippen molar-refractivity contribution in [2.45, 2.75) is 25.6 Å². The summed E-state index contributed by atoms with van der Waals surface area (Å²) < 4.78 is 65.3. The van der Waals surface area contributed by atoms with Gasteiger partial charge in [-0.25, -0.2) is 0 Å². The molecular weight excluding hydrogens is 530 g/mol. The van der Waals surface area contributed by atoms with Gasteiger partial charge < -0.3 is 62.6 Å². The molecule has 1 aliphatic rings. The summed E-state index contributed by atoms with van der Waals surface area (Å²) in [6, 6.07) is 0. The molecule has 0 radical (unpaired) electrons. The van der Waals surface area contributed by atoms with Crippen molar-refractivity contribution in [1.82, 2.24) is 0 Å². The van der Waals surface area contributed by atoms with Crippen LogP contribution < -0.4 is 5.73 Å². The Morgan fingerprint density at radius 1 is 0.400 bits per heavy atom. The summed E-state index contributed by atoms with van der Waals surface area (Å²) >= 11 is 0. The van der Waals surface area contributed by atoms with Crippen LogP contribution in [0.25, 0.3) is 0 Å². The highest BCUT2D eigenvalue weighted by atomic mass is 16.7. The predicted molar refractivity (Wildman–Crippen MR) is 147 cm³/mol. The largest absolute Gasteiger partial charge is 0.378 e. The molecule has 0 aliphatic carbocycles. The van der Waals surface area contributed by atoms with E-state index in [-0.39, 0.29) is 6.29 Å². The molecule has 13 heteroatoms. The van der Waals surface area contributed by atoms with Crippen molar-refractivity contribution in [2.24, 2.45) is 5.73 Å². The topological polar surface area (TPSA) is 137 Å². The molecular formula is C27H55NO12. The molecule has 0 amide bonds. The van der Waals surface area contributed by atoms with E-state index in [2.05, 4.69) is 0 Å². The molecule has 0 saturated carbocycles. The van der Waals surface area contributed by atoms with Gasteiger partial charge in [0.1, 0.15) is 0 Å². The third-order valence-corrected chi connectivity index (χ3v) is 5.28. The molecule has 0 aromatic rings. The van der Waals surface area contributed by atoms with Crippen molar-refractivity contribution in [3.63, 3.8) is 0 Å². The second kappa shape index (κ2) is 33.0. The van der Waals surface area contributed by atoms with Crippen LogP contribution in [0, 0.1) is 0 Å². The Balaban J connectivity index is 1.60. The molecule has 0 bridgehead atoms. The zero-order valence-corrected chi connectivity index (χ0v) is 24.4. The van der Waals surface area contributed by atoms with Crippen LogP contribution in [0.1, 0.15) is 19.3 Å². The Morgan fingerprint density at radius 2 is 0.700 bits per heavy atom. The summed E-state index contributed by atoms with van der Waals surface area (Å²) in [5.41, 5.74) is 5.33. The normalized spacial score (nSPS) is 15.7. The lowest BCUT2D eigenvalue weighted by molar-refractivity contribution is -0.169. The number of ether oxygens (including phenoxy) is 12. The number of hydrogen-bond donors (Lipinski definition) is 1. The lowest BCUT2D eigenvalue weighted by atomic mass is 10.2. The summed E-state index contributed by atoms with van der Waals surface area (Å²) in [6.07, 6.45) is 3.20. The Kier molecular flexibility index (Phi) is 30.9. The Bertz CT molecular complexity index is 475. The summed E-state index contributed by atoms with van der Waals surface area (Å²) in [4.78, 5) is 0. The highest BCUT2D eigenvalue weighted by Gasteiger charge is 2.13. The van der Waals surface area contributed by atoms with Crippen molar-refractivity contribution in [1.29, 1.82) is 0 Å². The van der Waals surface area contributed by atoms with E-state index in [9.17, 15) is 0 Å². The summed E-state index contributed by atoms with van der Waals surface area (Å²) in [5.74, 6) is 0. The molecule has 1 rings (SSSR count). The van der Waals surface area contributed by atoms with Gasteiger partial charge in [0.25, 0.3) is 0 Å². The molecule has 13 nitrogen and oxygen atoms in total. The van der Waals surface area contributed by atoms with Gasteiger partial charge in [-0.3, -0.25) is 0 Å². The fourth-order valence-electron chi connectivity index (χ4n) is 3.25. The van der Waals surface area contributed by atoms with Crippen LogP contribution in [0.3, 0.4) is 0 Å². The summed E-state index contributed by atoms with van der Waals surface area (Å²) in [6.45, 7) is 12.5. The van der Waals surface area contributed by atoms with E-state index in [0.29, 0.717) is 145 Å². The van der Waals surface area contributed by atoms with Crippen LogP contribution in [-0.2, 0) is 56.8 Å². The maximum absolute atomic E-state index is 5.60. The molecule has 1 atom stereocenters. The summed E-state index contributed by atoms with van der Waals surface area (Å²) in [7, 11) is 0. The minimum atomic E-state index is -0.0633. The van der Waals surface area contributed by atoms with E-state index < -0.39 is 0 Å². The monoisotopic (exact) mass is 585 g/mol. The predicted octanol–water partition coefficient (Wildman–Crippen LogP) is 0.654. The first kappa shape index (κ1) is 37.5. The zero-order valence-electron chi connectivity index (χ0n) is 24.4. The molecule has 1 heterocycles. The van der Waals surface area contributed by atoms with Crippen molar-refractivity contribution >= 4 is 0 Å². The molecule has 2 N–H and O–H groups in total. The quantitative estimate of drug-likeness (QED) is 0.108. The van der Waals surface area contributed by atoms with E-state index >= 15 is 0 Å². The maximum Gasteiger partial charge on any atom is 0.157 e. The van der Waals surface area contributed by atoms with Crippen LogP contribution in [-0.4, -0.2) is 158 Å². The minimum Gasteiger partial charge on any atom is -0.378 e. The van der Waals surface area contributed by atoms with Gasteiger partial charge in [0.2, 0.25) is 0 Å². The molecule has 1 saturated heterocycles. The number of nitrogens with two attached hydrogens (primary N) is 1. The Labute approximate surface area is 240 Å². The lowest BCUT2D eigenvalue weighted by Crippen LogP contribution is -2.24. The second-order valence-electron chi connectivity index (χ2n) is 8.58. The fraction of sp³-hybridized carbons (Fsp3) is 1.00. The van der Waals surface area contributed by atoms with Crippen LogP contribution in [0.15, 0.2) is 0 Å². The maximum atomic E-state index is 5.60. The SMILES string of the molecule is NCCOCCOCCOCCOCCOCCOCCOCCOCCOCCOCCOC1CCCCO1. The van der Waals surface area contributed by atoms with E-state index in [0.717, 1.165) is 19.4 Å². The first-order valence-corrected chi connectivity index (χ1v) is 14.6. The second-order valence-corrected chi connectivity index (χ2v) is 8.58. The molecule has 1 unspecified atom stereocenters. The third kappa shape index (κ3) is 29.0. The van der Waals surface area contributed by atoms with E-state index in [1.165, 1.54) is 6.42 Å². The first-order valence-electron chi connectivity index (χ1n) is 14.6. The van der Waals surface area contributed by atoms with Gasteiger partial charge in [0.15, 0.2) is 6.29 Å². The molecule has 1 aliphatic heterocycles. The zero-order chi connectivity index (χ0) is 28.4. The standard InChI is InChI=1S/C27H55NO12/c28-4-6-29-7-8-30-9-10-31-11-12-32-13-14-33-15-16-34-17-18-35-19-20-36-21-22-37-23-24-38-25-26-40-27-3-1-2-5-39-27/h27H,1-26,28H2. The van der Waals surface area contributed by atoms with Gasteiger partial charge in [-0.15, -0.1) is 0 Å². The van der Waals surface area contributed by atoms with E-state index in [4.69, 9.17) is 62.6 Å². The minimum absolute atomic E-state index is 0.0633. The third-order valence-electron chi connectivity index (χ3n) is 5.28. The molecule has 0 aromatic heterocycles. The molecule has 0 aromatic carbocycles. The van der Waals surface area contributed by atoms with Crippen molar-refractivity contribution in [2.75, 3.05) is 152 Å². The van der Waals surface area contributed by atoms with E-state index in [1.54, 1.807) is 0 Å². The molecule has 40 heavy (non-hydrogen) atoms. The van der Waals surface area contributed by atoms with Crippen molar-refractivity contribution in [3.05, 3.63) is 0 Å². The van der Waals surface area contributed by atoms with Gasteiger partial charge in [0.05, 0.1) is 139 Å². The average Bonchev–Trinajstić information content (AvgIpc) is 2.98. The highest BCUT2D eigenvalue weighted by molar-refractivity contribution is 4.53. The molecule has 1 fully saturated rings. The van der Waals surface area contributed by atoms with E-state index in [1.807, 2.05) is 0 Å². The van der Waals surface area contributed by atoms with Gasteiger partial charge in [-0.05, 0) is 19.3 Å². The van der Waals surface area contributed by atoms with Crippen molar-refractivity contribution < 1.29 is 56.8 Å². The number of rotatable bonds is 33. The Hall–Kier alpha value is -0.520. The first-order chi connectivity index (χ1) is 19.9. The number of hydrogen-bond acceptors (Lipinski definition) is 13.